The first-order chi connectivity index (χ1) is 7.68. The topological polar surface area (TPSA) is 49.3 Å². The van der Waals surface area contributed by atoms with Crippen molar-refractivity contribution < 1.29 is 4.79 Å². The molecule has 6 heteroatoms. The summed E-state index contributed by atoms with van der Waals surface area (Å²) in [7, 11) is 0. The molecular formula is C10H13ClN4O. The smallest absolute Gasteiger partial charge is 0.219 e. The molecule has 0 bridgehead atoms. The number of rotatable bonds is 1. The normalized spacial score (nSPS) is 16.4. The number of piperazine rings is 1. The van der Waals surface area contributed by atoms with Crippen LogP contribution in [-0.2, 0) is 4.79 Å². The number of halogens is 1. The highest BCUT2D eigenvalue weighted by Gasteiger charge is 2.20. The van der Waals surface area contributed by atoms with Gasteiger partial charge in [-0.3, -0.25) is 4.79 Å². The predicted octanol–water partition coefficient (Wildman–Crippen LogP) is 0.798. The Labute approximate surface area is 99.0 Å². The highest BCUT2D eigenvalue weighted by Crippen LogP contribution is 2.22. The van der Waals surface area contributed by atoms with E-state index in [-0.39, 0.29) is 5.91 Å². The van der Waals surface area contributed by atoms with Crippen LogP contribution in [0.2, 0.25) is 5.02 Å². The Morgan fingerprint density at radius 2 is 2.06 bits per heavy atom. The number of hydrogen-bond donors (Lipinski definition) is 0. The second kappa shape index (κ2) is 4.65. The van der Waals surface area contributed by atoms with Gasteiger partial charge in [-0.15, -0.1) is 0 Å². The maximum Gasteiger partial charge on any atom is 0.219 e. The molecule has 86 valence electrons. The van der Waals surface area contributed by atoms with E-state index in [1.54, 1.807) is 13.1 Å². The van der Waals surface area contributed by atoms with Crippen LogP contribution in [0.3, 0.4) is 0 Å². The van der Waals surface area contributed by atoms with Gasteiger partial charge in [-0.2, -0.15) is 0 Å². The van der Waals surface area contributed by atoms with Crippen LogP contribution < -0.4 is 4.90 Å². The van der Waals surface area contributed by atoms with Crippen molar-refractivity contribution in [2.45, 2.75) is 6.92 Å². The van der Waals surface area contributed by atoms with E-state index >= 15 is 0 Å². The zero-order valence-corrected chi connectivity index (χ0v) is 9.81. The van der Waals surface area contributed by atoms with Crippen LogP contribution in [0.5, 0.6) is 0 Å². The number of nitrogens with zero attached hydrogens (tertiary/aromatic N) is 4. The summed E-state index contributed by atoms with van der Waals surface area (Å²) in [4.78, 5) is 23.1. The van der Waals surface area contributed by atoms with Gasteiger partial charge in [0.15, 0.2) is 5.82 Å². The van der Waals surface area contributed by atoms with E-state index in [1.807, 2.05) is 4.90 Å². The molecule has 1 aromatic heterocycles. The van der Waals surface area contributed by atoms with Crippen LogP contribution >= 0.6 is 11.6 Å². The van der Waals surface area contributed by atoms with Crippen molar-refractivity contribution in [3.8, 4) is 0 Å². The Morgan fingerprint density at radius 3 is 2.62 bits per heavy atom. The summed E-state index contributed by atoms with van der Waals surface area (Å²) in [5.74, 6) is 0.869. The summed E-state index contributed by atoms with van der Waals surface area (Å²) in [6.07, 6.45) is 3.07. The number of carbonyl (C=O) groups is 1. The molecule has 5 nitrogen and oxygen atoms in total. The maximum atomic E-state index is 11.2. The number of amides is 1. The van der Waals surface area contributed by atoms with Crippen molar-refractivity contribution in [3.63, 3.8) is 0 Å². The largest absolute Gasteiger partial charge is 0.352 e. The van der Waals surface area contributed by atoms with Gasteiger partial charge in [0.05, 0.1) is 6.20 Å². The van der Waals surface area contributed by atoms with E-state index in [9.17, 15) is 4.79 Å². The second-order valence-corrected chi connectivity index (χ2v) is 4.09. The average Bonchev–Trinajstić information content (AvgIpc) is 2.30. The average molecular weight is 241 g/mol. The summed E-state index contributed by atoms with van der Waals surface area (Å²) in [6.45, 7) is 4.55. The molecule has 1 aromatic rings. The Kier molecular flexibility index (Phi) is 3.24. The predicted molar refractivity (Wildman–Crippen MR) is 61.5 cm³/mol. The van der Waals surface area contributed by atoms with Gasteiger partial charge in [-0.1, -0.05) is 11.6 Å². The first-order valence-electron chi connectivity index (χ1n) is 5.14. The third-order valence-corrected chi connectivity index (χ3v) is 2.94. The van der Waals surface area contributed by atoms with Crippen LogP contribution in [0, 0.1) is 0 Å². The Hall–Kier alpha value is -1.36. The van der Waals surface area contributed by atoms with Crippen molar-refractivity contribution in [3.05, 3.63) is 17.5 Å². The van der Waals surface area contributed by atoms with Gasteiger partial charge in [0, 0.05) is 33.1 Å². The minimum absolute atomic E-state index is 0.119. The molecule has 2 heterocycles. The van der Waals surface area contributed by atoms with E-state index in [1.165, 1.54) is 6.33 Å². The Balaban J connectivity index is 2.05. The van der Waals surface area contributed by atoms with Crippen molar-refractivity contribution in [2.24, 2.45) is 0 Å². The van der Waals surface area contributed by atoms with E-state index < -0.39 is 0 Å². The number of anilines is 1. The van der Waals surface area contributed by atoms with Gasteiger partial charge < -0.3 is 9.80 Å². The van der Waals surface area contributed by atoms with Gasteiger partial charge in [-0.05, 0) is 0 Å². The van der Waals surface area contributed by atoms with Crippen molar-refractivity contribution >= 4 is 23.3 Å². The lowest BCUT2D eigenvalue weighted by Crippen LogP contribution is -2.48. The fourth-order valence-corrected chi connectivity index (χ4v) is 2.00. The van der Waals surface area contributed by atoms with Crippen LogP contribution in [0.25, 0.3) is 0 Å². The number of hydrogen-bond acceptors (Lipinski definition) is 4. The van der Waals surface area contributed by atoms with E-state index in [0.29, 0.717) is 5.02 Å². The molecule has 1 saturated heterocycles. The third-order valence-electron chi connectivity index (χ3n) is 2.67. The van der Waals surface area contributed by atoms with Crippen LogP contribution in [0.1, 0.15) is 6.92 Å². The number of carbonyl (C=O) groups excluding carboxylic acids is 1. The van der Waals surface area contributed by atoms with E-state index in [0.717, 1.165) is 32.0 Å². The molecule has 16 heavy (non-hydrogen) atoms. The fourth-order valence-electron chi connectivity index (χ4n) is 1.77. The van der Waals surface area contributed by atoms with E-state index in [2.05, 4.69) is 14.9 Å². The van der Waals surface area contributed by atoms with Crippen molar-refractivity contribution in [2.75, 3.05) is 31.1 Å². The van der Waals surface area contributed by atoms with Crippen molar-refractivity contribution in [1.29, 1.82) is 0 Å². The molecule has 0 radical (unpaired) electrons. The molecule has 1 aliphatic heterocycles. The Bertz CT molecular complexity index is 390. The second-order valence-electron chi connectivity index (χ2n) is 3.69. The lowest BCUT2D eigenvalue weighted by atomic mass is 10.3. The highest BCUT2D eigenvalue weighted by molar-refractivity contribution is 6.32. The first kappa shape index (κ1) is 11.1. The zero-order chi connectivity index (χ0) is 11.5. The molecule has 2 rings (SSSR count). The van der Waals surface area contributed by atoms with Gasteiger partial charge in [0.2, 0.25) is 5.91 Å². The van der Waals surface area contributed by atoms with Gasteiger partial charge >= 0.3 is 0 Å². The van der Waals surface area contributed by atoms with Crippen LogP contribution in [0.4, 0.5) is 5.82 Å². The minimum Gasteiger partial charge on any atom is -0.352 e. The molecule has 1 fully saturated rings. The summed E-state index contributed by atoms with van der Waals surface area (Å²) in [5, 5.41) is 0.554. The van der Waals surface area contributed by atoms with Crippen LogP contribution in [0.15, 0.2) is 12.5 Å². The highest BCUT2D eigenvalue weighted by atomic mass is 35.5. The minimum atomic E-state index is 0.119. The quantitative estimate of drug-likeness (QED) is 0.729. The summed E-state index contributed by atoms with van der Waals surface area (Å²) in [6, 6.07) is 0. The van der Waals surface area contributed by atoms with Gasteiger partial charge in [-0.25, -0.2) is 9.97 Å². The molecular weight excluding hydrogens is 228 g/mol. The SMILES string of the molecule is CC(=O)N1CCN(c2ncncc2Cl)CC1. The lowest BCUT2D eigenvalue weighted by molar-refractivity contribution is -0.129. The van der Waals surface area contributed by atoms with E-state index in [4.69, 9.17) is 11.6 Å². The molecule has 0 aliphatic carbocycles. The molecule has 1 amide bonds. The number of aromatic nitrogens is 2. The summed E-state index contributed by atoms with van der Waals surface area (Å²) >= 11 is 6.01. The molecule has 0 unspecified atom stereocenters. The first-order valence-corrected chi connectivity index (χ1v) is 5.52. The third kappa shape index (κ3) is 2.24. The molecule has 0 saturated carbocycles. The van der Waals surface area contributed by atoms with Gasteiger partial charge in [0.1, 0.15) is 11.3 Å². The molecule has 0 spiro atoms. The lowest BCUT2D eigenvalue weighted by Gasteiger charge is -2.35. The maximum absolute atomic E-state index is 11.2. The monoisotopic (exact) mass is 240 g/mol. The van der Waals surface area contributed by atoms with Gasteiger partial charge in [0.25, 0.3) is 0 Å². The molecule has 0 aromatic carbocycles. The fraction of sp³-hybridized carbons (Fsp3) is 0.500. The standard InChI is InChI=1S/C10H13ClN4O/c1-8(16)14-2-4-15(5-3-14)10-9(11)6-12-7-13-10/h6-7H,2-5H2,1H3. The Morgan fingerprint density at radius 1 is 1.38 bits per heavy atom. The zero-order valence-electron chi connectivity index (χ0n) is 9.06. The molecule has 0 atom stereocenters. The molecule has 1 aliphatic rings. The van der Waals surface area contributed by atoms with Crippen molar-refractivity contribution in [1.82, 2.24) is 14.9 Å². The summed E-state index contributed by atoms with van der Waals surface area (Å²) in [5.41, 5.74) is 0. The molecule has 0 N–H and O–H groups in total. The summed E-state index contributed by atoms with van der Waals surface area (Å²) < 4.78 is 0. The van der Waals surface area contributed by atoms with Crippen LogP contribution in [-0.4, -0.2) is 47.0 Å².